The Morgan fingerprint density at radius 3 is 1.68 bits per heavy atom. The van der Waals surface area contributed by atoms with Crippen LogP contribution in [0.4, 0.5) is 17.1 Å². The third-order valence-corrected chi connectivity index (χ3v) is 7.54. The molecule has 0 unspecified atom stereocenters. The number of anilines is 3. The van der Waals surface area contributed by atoms with E-state index in [-0.39, 0.29) is 6.71 Å². The predicted molar refractivity (Wildman–Crippen MR) is 156 cm³/mol. The Bertz CT molecular complexity index is 1780. The third-order valence-electron chi connectivity index (χ3n) is 7.54. The first kappa shape index (κ1) is 21.2. The summed E-state index contributed by atoms with van der Waals surface area (Å²) >= 11 is 0. The molecule has 4 heteroatoms. The maximum Gasteiger partial charge on any atom is 0.260 e. The monoisotopic (exact) mass is 487 g/mol. The van der Waals surface area contributed by atoms with Crippen LogP contribution in [0.15, 0.2) is 133 Å². The molecule has 0 radical (unpaired) electrons. The van der Waals surface area contributed by atoms with Crippen LogP contribution >= 0.6 is 0 Å². The lowest BCUT2D eigenvalue weighted by Crippen LogP contribution is -2.57. The molecule has 0 N–H and O–H groups in total. The number of hydrogen-bond donors (Lipinski definition) is 0. The van der Waals surface area contributed by atoms with Gasteiger partial charge in [-0.1, -0.05) is 84.9 Å². The minimum atomic E-state index is 0.0646. The summed E-state index contributed by atoms with van der Waals surface area (Å²) < 4.78 is 13.1. The largest absolute Gasteiger partial charge is 0.458 e. The van der Waals surface area contributed by atoms with Gasteiger partial charge in [0.15, 0.2) is 0 Å². The van der Waals surface area contributed by atoms with E-state index in [0.717, 1.165) is 45.5 Å². The van der Waals surface area contributed by atoms with Crippen molar-refractivity contribution in [3.05, 3.63) is 133 Å². The summed E-state index contributed by atoms with van der Waals surface area (Å²) in [6, 6.07) is 46.5. The van der Waals surface area contributed by atoms with Gasteiger partial charge in [-0.25, -0.2) is 0 Å². The first-order valence-electron chi connectivity index (χ1n) is 12.9. The van der Waals surface area contributed by atoms with Crippen LogP contribution in [0, 0.1) is 0 Å². The molecule has 0 atom stereocenters. The first-order valence-corrected chi connectivity index (χ1v) is 12.9. The quantitative estimate of drug-likeness (QED) is 0.250. The summed E-state index contributed by atoms with van der Waals surface area (Å²) in [6.07, 6.45) is 0. The molecule has 38 heavy (non-hydrogen) atoms. The van der Waals surface area contributed by atoms with E-state index >= 15 is 0 Å². The minimum absolute atomic E-state index is 0.0646. The molecule has 2 aliphatic rings. The SMILES string of the molecule is c1ccc(N(c2cc3c4c(c2)Oc2ccccc2B4c2ccccc2O3)c2ccc3ccccc3c2)cc1. The van der Waals surface area contributed by atoms with Gasteiger partial charge in [-0.2, -0.15) is 0 Å². The van der Waals surface area contributed by atoms with Gasteiger partial charge in [-0.3, -0.25) is 0 Å². The van der Waals surface area contributed by atoms with E-state index < -0.39 is 0 Å². The molecule has 6 aromatic carbocycles. The van der Waals surface area contributed by atoms with Gasteiger partial charge >= 0.3 is 0 Å². The number of para-hydroxylation sites is 3. The zero-order valence-electron chi connectivity index (χ0n) is 20.5. The second-order valence-corrected chi connectivity index (χ2v) is 9.77. The van der Waals surface area contributed by atoms with E-state index in [1.165, 1.54) is 21.7 Å². The Kier molecular flexibility index (Phi) is 4.62. The zero-order chi connectivity index (χ0) is 25.1. The topological polar surface area (TPSA) is 21.7 Å². The lowest BCUT2D eigenvalue weighted by atomic mass is 9.35. The van der Waals surface area contributed by atoms with Crippen molar-refractivity contribution in [3.8, 4) is 23.0 Å². The summed E-state index contributed by atoms with van der Waals surface area (Å²) in [4.78, 5) is 2.27. The summed E-state index contributed by atoms with van der Waals surface area (Å²) in [6.45, 7) is 0.0646. The summed E-state index contributed by atoms with van der Waals surface area (Å²) in [5.74, 6) is 3.44. The van der Waals surface area contributed by atoms with Gasteiger partial charge in [0.05, 0.1) is 5.69 Å². The van der Waals surface area contributed by atoms with Gasteiger partial charge < -0.3 is 14.4 Å². The maximum atomic E-state index is 6.57. The molecular weight excluding hydrogens is 465 g/mol. The van der Waals surface area contributed by atoms with Crippen LogP contribution in [0.5, 0.6) is 23.0 Å². The Balaban J connectivity index is 1.36. The number of fused-ring (bicyclic) bond motifs is 5. The highest BCUT2D eigenvalue weighted by molar-refractivity contribution is 6.98. The van der Waals surface area contributed by atoms with E-state index in [4.69, 9.17) is 9.47 Å². The van der Waals surface area contributed by atoms with Crippen molar-refractivity contribution in [2.45, 2.75) is 0 Å². The average Bonchev–Trinajstić information content (AvgIpc) is 2.97. The molecule has 0 aromatic heterocycles. The fourth-order valence-electron chi connectivity index (χ4n) is 5.85. The van der Waals surface area contributed by atoms with Crippen molar-refractivity contribution in [2.75, 3.05) is 4.90 Å². The summed E-state index contributed by atoms with van der Waals surface area (Å²) in [5, 5.41) is 2.41. The highest BCUT2D eigenvalue weighted by Gasteiger charge is 2.40. The minimum Gasteiger partial charge on any atom is -0.458 e. The van der Waals surface area contributed by atoms with E-state index in [9.17, 15) is 0 Å². The zero-order valence-corrected chi connectivity index (χ0v) is 20.5. The molecule has 2 aliphatic heterocycles. The van der Waals surface area contributed by atoms with Crippen molar-refractivity contribution in [2.24, 2.45) is 0 Å². The molecule has 6 aromatic rings. The fourth-order valence-corrected chi connectivity index (χ4v) is 5.85. The molecule has 0 amide bonds. The number of ether oxygens (including phenoxy) is 2. The van der Waals surface area contributed by atoms with Crippen LogP contribution in [0.1, 0.15) is 0 Å². The molecule has 178 valence electrons. The van der Waals surface area contributed by atoms with Gasteiger partial charge in [0, 0.05) is 29.0 Å². The van der Waals surface area contributed by atoms with Crippen molar-refractivity contribution in [3.63, 3.8) is 0 Å². The number of rotatable bonds is 3. The van der Waals surface area contributed by atoms with Crippen LogP contribution in [0.25, 0.3) is 10.8 Å². The number of benzene rings is 6. The highest BCUT2D eigenvalue weighted by atomic mass is 16.5. The van der Waals surface area contributed by atoms with E-state index in [2.05, 4.69) is 120 Å². The van der Waals surface area contributed by atoms with E-state index in [0.29, 0.717) is 0 Å². The average molecular weight is 487 g/mol. The molecule has 0 aliphatic carbocycles. The maximum absolute atomic E-state index is 6.57. The smallest absolute Gasteiger partial charge is 0.260 e. The first-order chi connectivity index (χ1) is 18.8. The molecule has 0 fully saturated rings. The van der Waals surface area contributed by atoms with Crippen LogP contribution in [0.3, 0.4) is 0 Å². The van der Waals surface area contributed by atoms with Crippen LogP contribution < -0.4 is 30.8 Å². The van der Waals surface area contributed by atoms with E-state index in [1.54, 1.807) is 0 Å². The van der Waals surface area contributed by atoms with Gasteiger partial charge in [0.25, 0.3) is 6.71 Å². The third kappa shape index (κ3) is 3.24. The Morgan fingerprint density at radius 2 is 1.00 bits per heavy atom. The molecule has 0 bridgehead atoms. The lowest BCUT2D eigenvalue weighted by molar-refractivity contribution is 0.465. The van der Waals surface area contributed by atoms with Crippen molar-refractivity contribution in [1.82, 2.24) is 0 Å². The van der Waals surface area contributed by atoms with Gasteiger partial charge in [0.2, 0.25) is 0 Å². The van der Waals surface area contributed by atoms with Crippen molar-refractivity contribution >= 4 is 50.9 Å². The van der Waals surface area contributed by atoms with Gasteiger partial charge in [-0.15, -0.1) is 0 Å². The second kappa shape index (κ2) is 8.29. The summed E-state index contributed by atoms with van der Waals surface area (Å²) in [7, 11) is 0. The lowest BCUT2D eigenvalue weighted by Gasteiger charge is -2.34. The second-order valence-electron chi connectivity index (χ2n) is 9.77. The standard InChI is InChI=1S/C34H22BNO2/c1-2-12-25(13-3-1)36(26-19-18-23-10-4-5-11-24(23)20-26)27-21-32-34-33(22-27)38-31-17-9-7-15-29(31)35(34)28-14-6-8-16-30(28)37-32/h1-22H. The van der Waals surface area contributed by atoms with Crippen molar-refractivity contribution < 1.29 is 9.47 Å². The molecular formula is C34H22BNO2. The molecule has 0 saturated heterocycles. The number of hydrogen-bond acceptors (Lipinski definition) is 3. The van der Waals surface area contributed by atoms with Crippen molar-refractivity contribution in [1.29, 1.82) is 0 Å². The van der Waals surface area contributed by atoms with Gasteiger partial charge in [0.1, 0.15) is 23.0 Å². The predicted octanol–water partition coefficient (Wildman–Crippen LogP) is 7.04. The Labute approximate surface area is 221 Å². The highest BCUT2D eigenvalue weighted by Crippen LogP contribution is 2.42. The Hall–Kier alpha value is -4.96. The van der Waals surface area contributed by atoms with Crippen LogP contribution in [0.2, 0.25) is 0 Å². The molecule has 2 heterocycles. The molecule has 3 nitrogen and oxygen atoms in total. The number of nitrogens with zero attached hydrogens (tertiary/aromatic N) is 1. The Morgan fingerprint density at radius 1 is 0.421 bits per heavy atom. The molecule has 0 saturated carbocycles. The van der Waals surface area contributed by atoms with Crippen LogP contribution in [-0.2, 0) is 0 Å². The molecule has 8 rings (SSSR count). The summed E-state index contributed by atoms with van der Waals surface area (Å²) in [5.41, 5.74) is 6.54. The van der Waals surface area contributed by atoms with Gasteiger partial charge in [-0.05, 0) is 58.1 Å². The van der Waals surface area contributed by atoms with E-state index in [1.807, 2.05) is 18.2 Å². The molecule has 0 spiro atoms. The fraction of sp³-hybridized carbons (Fsp3) is 0. The van der Waals surface area contributed by atoms with Crippen LogP contribution in [-0.4, -0.2) is 6.71 Å². The normalized spacial score (nSPS) is 12.6.